The summed E-state index contributed by atoms with van der Waals surface area (Å²) in [5.41, 5.74) is 2.96. The number of aliphatic hydroxyl groups excluding tert-OH is 1. The summed E-state index contributed by atoms with van der Waals surface area (Å²) in [4.78, 5) is 0. The van der Waals surface area contributed by atoms with Crippen molar-refractivity contribution in [2.45, 2.75) is 45.4 Å². The Balaban J connectivity index is 2.12. The number of allylic oxidation sites excluding steroid dienone is 1. The van der Waals surface area contributed by atoms with E-state index in [1.807, 2.05) is 0 Å². The molecule has 0 radical (unpaired) electrons. The van der Waals surface area contributed by atoms with Crippen LogP contribution in [0.4, 0.5) is 0 Å². The molecule has 0 saturated heterocycles. The molecule has 0 amide bonds. The van der Waals surface area contributed by atoms with E-state index < -0.39 is 0 Å². The van der Waals surface area contributed by atoms with Crippen molar-refractivity contribution in [1.82, 2.24) is 0 Å². The first-order chi connectivity index (χ1) is 7.57. The first-order valence-electron chi connectivity index (χ1n) is 6.53. The van der Waals surface area contributed by atoms with Crippen LogP contribution in [0.3, 0.4) is 0 Å². The van der Waals surface area contributed by atoms with Crippen LogP contribution in [0.5, 0.6) is 0 Å². The molecule has 16 heavy (non-hydrogen) atoms. The summed E-state index contributed by atoms with van der Waals surface area (Å²) in [5.74, 6) is 1.20. The Morgan fingerprint density at radius 2 is 2.25 bits per heavy atom. The largest absolute Gasteiger partial charge is 0.392 e. The molecule has 0 spiro atoms. The molecule has 3 atom stereocenters. The Labute approximate surface area is 99.3 Å². The predicted molar refractivity (Wildman–Crippen MR) is 68.2 cm³/mol. The monoisotopic (exact) mass is 220 g/mol. The molecule has 2 aliphatic carbocycles. The molecule has 1 heteroatoms. The van der Waals surface area contributed by atoms with Crippen LogP contribution in [0.15, 0.2) is 24.3 Å². The minimum atomic E-state index is 0.153. The summed E-state index contributed by atoms with van der Waals surface area (Å²) in [5, 5.41) is 9.19. The molecule has 0 aliphatic heterocycles. The average molecular weight is 220 g/mol. The van der Waals surface area contributed by atoms with Crippen LogP contribution in [0.25, 0.3) is 0 Å². The lowest BCUT2D eigenvalue weighted by molar-refractivity contribution is 0.0800. The standard InChI is InChI=1S/C15H24O/c1-11-5-4-7-15(3)8-6-13(9-14(11)15)12(2)10-16/h13-14,16H,1-2,4-10H2,3H3/t13-,14?,15-/m1/s1. The highest BCUT2D eigenvalue weighted by molar-refractivity contribution is 5.15. The normalized spacial score (nSPS) is 39.2. The van der Waals surface area contributed by atoms with Gasteiger partial charge in [0.2, 0.25) is 0 Å². The smallest absolute Gasteiger partial charge is 0.0641 e. The number of hydrogen-bond acceptors (Lipinski definition) is 1. The lowest BCUT2D eigenvalue weighted by Gasteiger charge is -2.49. The van der Waals surface area contributed by atoms with Gasteiger partial charge < -0.3 is 5.11 Å². The summed E-state index contributed by atoms with van der Waals surface area (Å²) in [6.07, 6.45) is 7.54. The Morgan fingerprint density at radius 3 is 2.94 bits per heavy atom. The third-order valence-electron chi connectivity index (χ3n) is 4.94. The van der Waals surface area contributed by atoms with E-state index in [1.165, 1.54) is 44.1 Å². The Bertz CT molecular complexity index is 305. The molecule has 1 N–H and O–H groups in total. The van der Waals surface area contributed by atoms with Gasteiger partial charge in [0.15, 0.2) is 0 Å². The van der Waals surface area contributed by atoms with E-state index >= 15 is 0 Å². The Hall–Kier alpha value is -0.560. The number of rotatable bonds is 2. The fourth-order valence-corrected chi connectivity index (χ4v) is 3.72. The van der Waals surface area contributed by atoms with E-state index in [0.717, 1.165) is 5.57 Å². The molecule has 90 valence electrons. The van der Waals surface area contributed by atoms with Crippen LogP contribution in [-0.2, 0) is 0 Å². The van der Waals surface area contributed by atoms with E-state index in [4.69, 9.17) is 0 Å². The molecule has 0 aromatic carbocycles. The van der Waals surface area contributed by atoms with Gasteiger partial charge in [-0.05, 0) is 61.3 Å². The maximum atomic E-state index is 9.19. The van der Waals surface area contributed by atoms with Crippen LogP contribution in [-0.4, -0.2) is 11.7 Å². The molecular formula is C15H24O. The molecule has 0 heterocycles. The predicted octanol–water partition coefficient (Wildman–Crippen LogP) is 3.70. The topological polar surface area (TPSA) is 20.2 Å². The van der Waals surface area contributed by atoms with Gasteiger partial charge in [0, 0.05) is 0 Å². The van der Waals surface area contributed by atoms with Crippen LogP contribution in [0.1, 0.15) is 45.4 Å². The summed E-state index contributed by atoms with van der Waals surface area (Å²) in [6.45, 7) is 10.9. The maximum Gasteiger partial charge on any atom is 0.0641 e. The van der Waals surface area contributed by atoms with Crippen LogP contribution < -0.4 is 0 Å². The summed E-state index contributed by atoms with van der Waals surface area (Å²) in [7, 11) is 0. The lowest BCUT2D eigenvalue weighted by Crippen LogP contribution is -2.38. The maximum absolute atomic E-state index is 9.19. The minimum Gasteiger partial charge on any atom is -0.392 e. The van der Waals surface area contributed by atoms with Crippen molar-refractivity contribution < 1.29 is 5.11 Å². The molecule has 2 saturated carbocycles. The minimum absolute atomic E-state index is 0.153. The van der Waals surface area contributed by atoms with Gasteiger partial charge in [-0.15, -0.1) is 0 Å². The molecule has 1 unspecified atom stereocenters. The Kier molecular flexibility index (Phi) is 3.25. The number of aliphatic hydroxyl groups is 1. The fourth-order valence-electron chi connectivity index (χ4n) is 3.72. The molecule has 2 rings (SSSR count). The van der Waals surface area contributed by atoms with Gasteiger partial charge in [-0.25, -0.2) is 0 Å². The van der Waals surface area contributed by atoms with Gasteiger partial charge in [-0.1, -0.05) is 25.7 Å². The lowest BCUT2D eigenvalue weighted by atomic mass is 9.56. The van der Waals surface area contributed by atoms with Crippen molar-refractivity contribution in [2.75, 3.05) is 6.61 Å². The molecule has 2 aliphatic rings. The summed E-state index contributed by atoms with van der Waals surface area (Å²) < 4.78 is 0. The van der Waals surface area contributed by atoms with Gasteiger partial charge in [-0.3, -0.25) is 0 Å². The molecule has 0 aromatic heterocycles. The average Bonchev–Trinajstić information content (AvgIpc) is 2.27. The van der Waals surface area contributed by atoms with E-state index in [9.17, 15) is 5.11 Å². The zero-order valence-corrected chi connectivity index (χ0v) is 10.5. The molecule has 2 fully saturated rings. The van der Waals surface area contributed by atoms with Gasteiger partial charge >= 0.3 is 0 Å². The van der Waals surface area contributed by atoms with Crippen molar-refractivity contribution in [3.05, 3.63) is 24.3 Å². The van der Waals surface area contributed by atoms with Gasteiger partial charge in [-0.2, -0.15) is 0 Å². The van der Waals surface area contributed by atoms with Crippen LogP contribution in [0.2, 0.25) is 0 Å². The van der Waals surface area contributed by atoms with Crippen molar-refractivity contribution >= 4 is 0 Å². The highest BCUT2D eigenvalue weighted by Gasteiger charge is 2.43. The quantitative estimate of drug-likeness (QED) is 0.704. The third-order valence-corrected chi connectivity index (χ3v) is 4.94. The molecule has 0 aromatic rings. The number of hydrogen-bond donors (Lipinski definition) is 1. The van der Waals surface area contributed by atoms with Gasteiger partial charge in [0.25, 0.3) is 0 Å². The van der Waals surface area contributed by atoms with Crippen molar-refractivity contribution in [3.8, 4) is 0 Å². The third kappa shape index (κ3) is 1.98. The SMILES string of the molecule is C=C1CCC[C@]2(C)CC[C@@H](C(=C)CO)CC12. The van der Waals surface area contributed by atoms with Gasteiger partial charge in [0.1, 0.15) is 0 Å². The van der Waals surface area contributed by atoms with Crippen LogP contribution in [0, 0.1) is 17.3 Å². The van der Waals surface area contributed by atoms with Crippen LogP contribution >= 0.6 is 0 Å². The first-order valence-corrected chi connectivity index (χ1v) is 6.53. The Morgan fingerprint density at radius 1 is 1.50 bits per heavy atom. The van der Waals surface area contributed by atoms with Crippen molar-refractivity contribution in [1.29, 1.82) is 0 Å². The van der Waals surface area contributed by atoms with E-state index in [0.29, 0.717) is 17.3 Å². The van der Waals surface area contributed by atoms with Crippen molar-refractivity contribution in [3.63, 3.8) is 0 Å². The van der Waals surface area contributed by atoms with Gasteiger partial charge in [0.05, 0.1) is 6.61 Å². The van der Waals surface area contributed by atoms with Crippen molar-refractivity contribution in [2.24, 2.45) is 17.3 Å². The van der Waals surface area contributed by atoms with E-state index in [2.05, 4.69) is 20.1 Å². The molecular weight excluding hydrogens is 196 g/mol. The fraction of sp³-hybridized carbons (Fsp3) is 0.733. The summed E-state index contributed by atoms with van der Waals surface area (Å²) in [6, 6.07) is 0. The zero-order valence-electron chi connectivity index (χ0n) is 10.5. The molecule has 1 nitrogen and oxygen atoms in total. The second-order valence-electron chi connectivity index (χ2n) is 6.01. The first kappa shape index (κ1) is 11.9. The van der Waals surface area contributed by atoms with E-state index in [1.54, 1.807) is 0 Å². The second-order valence-corrected chi connectivity index (χ2v) is 6.01. The summed E-state index contributed by atoms with van der Waals surface area (Å²) >= 11 is 0. The highest BCUT2D eigenvalue weighted by Crippen LogP contribution is 2.54. The molecule has 0 bridgehead atoms. The second kappa shape index (κ2) is 4.37. The highest BCUT2D eigenvalue weighted by atomic mass is 16.3. The zero-order chi connectivity index (χ0) is 11.8. The van der Waals surface area contributed by atoms with E-state index in [-0.39, 0.29) is 6.61 Å². The number of fused-ring (bicyclic) bond motifs is 1.